The number of hydrogen-bond donors (Lipinski definition) is 4. The van der Waals surface area contributed by atoms with Crippen molar-refractivity contribution >= 4 is 17.6 Å². The van der Waals surface area contributed by atoms with Gasteiger partial charge in [-0.2, -0.15) is 0 Å². The van der Waals surface area contributed by atoms with Crippen molar-refractivity contribution in [3.05, 3.63) is 23.8 Å². The number of phenols is 1. The van der Waals surface area contributed by atoms with Gasteiger partial charge in [-0.1, -0.05) is 20.8 Å². The fourth-order valence-electron chi connectivity index (χ4n) is 2.05. The van der Waals surface area contributed by atoms with Gasteiger partial charge >= 0.3 is 5.97 Å². The predicted molar refractivity (Wildman–Crippen MR) is 80.3 cm³/mol. The minimum absolute atomic E-state index is 0.0391. The lowest BCUT2D eigenvalue weighted by Crippen LogP contribution is -2.32. The van der Waals surface area contributed by atoms with Crippen molar-refractivity contribution < 1.29 is 19.8 Å². The SMILES string of the molecule is CC(C)(C)CC(CN)C(=O)Nc1ccc(O)c(C(=O)O)c1. The van der Waals surface area contributed by atoms with Crippen LogP contribution in [-0.2, 0) is 4.79 Å². The van der Waals surface area contributed by atoms with Crippen LogP contribution in [0, 0.1) is 11.3 Å². The van der Waals surface area contributed by atoms with E-state index in [0.717, 1.165) is 0 Å². The number of benzene rings is 1. The fraction of sp³-hybridized carbons (Fsp3) is 0.467. The van der Waals surface area contributed by atoms with Gasteiger partial charge in [-0.05, 0) is 30.0 Å². The highest BCUT2D eigenvalue weighted by Crippen LogP contribution is 2.26. The lowest BCUT2D eigenvalue weighted by molar-refractivity contribution is -0.120. The maximum absolute atomic E-state index is 12.2. The number of aromatic hydroxyl groups is 1. The first-order chi connectivity index (χ1) is 9.64. The molecule has 1 aromatic carbocycles. The van der Waals surface area contributed by atoms with Crippen LogP contribution in [0.15, 0.2) is 18.2 Å². The topological polar surface area (TPSA) is 113 Å². The Morgan fingerprint density at radius 3 is 2.43 bits per heavy atom. The summed E-state index contributed by atoms with van der Waals surface area (Å²) in [6, 6.07) is 3.91. The summed E-state index contributed by atoms with van der Waals surface area (Å²) >= 11 is 0. The van der Waals surface area contributed by atoms with E-state index in [-0.39, 0.29) is 35.1 Å². The van der Waals surface area contributed by atoms with Gasteiger partial charge in [0.05, 0.1) is 5.92 Å². The zero-order valence-corrected chi connectivity index (χ0v) is 12.5. The summed E-state index contributed by atoms with van der Waals surface area (Å²) in [4.78, 5) is 23.1. The predicted octanol–water partition coefficient (Wildman–Crippen LogP) is 2.04. The van der Waals surface area contributed by atoms with Gasteiger partial charge in [0.25, 0.3) is 0 Å². The first-order valence-electron chi connectivity index (χ1n) is 6.71. The average Bonchev–Trinajstić information content (AvgIpc) is 2.36. The second-order valence-electron chi connectivity index (χ2n) is 6.22. The molecule has 0 aliphatic heterocycles. The molecule has 0 saturated carbocycles. The van der Waals surface area contributed by atoms with Gasteiger partial charge in [0.1, 0.15) is 11.3 Å². The highest BCUT2D eigenvalue weighted by Gasteiger charge is 2.24. The number of aromatic carboxylic acids is 1. The Labute approximate surface area is 124 Å². The molecule has 0 fully saturated rings. The van der Waals surface area contributed by atoms with Crippen molar-refractivity contribution in [1.29, 1.82) is 0 Å². The van der Waals surface area contributed by atoms with Crippen molar-refractivity contribution in [3.8, 4) is 5.75 Å². The van der Waals surface area contributed by atoms with Gasteiger partial charge < -0.3 is 21.3 Å². The molecule has 0 radical (unpaired) electrons. The van der Waals surface area contributed by atoms with E-state index in [1.807, 2.05) is 20.8 Å². The van der Waals surface area contributed by atoms with Crippen LogP contribution in [0.3, 0.4) is 0 Å². The summed E-state index contributed by atoms with van der Waals surface area (Å²) in [5, 5.41) is 21.0. The normalized spacial score (nSPS) is 12.8. The molecule has 21 heavy (non-hydrogen) atoms. The van der Waals surface area contributed by atoms with E-state index in [1.165, 1.54) is 18.2 Å². The summed E-state index contributed by atoms with van der Waals surface area (Å²) in [5.74, 6) is -2.21. The molecule has 0 aromatic heterocycles. The molecule has 0 bridgehead atoms. The van der Waals surface area contributed by atoms with Crippen molar-refractivity contribution in [1.82, 2.24) is 0 Å². The van der Waals surface area contributed by atoms with Gasteiger partial charge in [-0.25, -0.2) is 4.79 Å². The standard InChI is InChI=1S/C15H22N2O4/c1-15(2,3)7-9(8-16)13(19)17-10-4-5-12(18)11(6-10)14(20)21/h4-6,9,18H,7-8,16H2,1-3H3,(H,17,19)(H,20,21). The zero-order valence-electron chi connectivity index (χ0n) is 12.5. The molecular weight excluding hydrogens is 272 g/mol. The molecule has 1 unspecified atom stereocenters. The number of nitrogens with two attached hydrogens (primary N) is 1. The minimum atomic E-state index is -1.26. The van der Waals surface area contributed by atoms with E-state index in [1.54, 1.807) is 0 Å². The number of carbonyl (C=O) groups excluding carboxylic acids is 1. The quantitative estimate of drug-likeness (QED) is 0.621. The number of hydrogen-bond acceptors (Lipinski definition) is 4. The first-order valence-corrected chi connectivity index (χ1v) is 6.71. The second-order valence-corrected chi connectivity index (χ2v) is 6.22. The van der Waals surface area contributed by atoms with E-state index in [9.17, 15) is 14.7 Å². The average molecular weight is 294 g/mol. The summed E-state index contributed by atoms with van der Waals surface area (Å²) in [6.45, 7) is 6.27. The molecule has 1 amide bonds. The Morgan fingerprint density at radius 1 is 1.33 bits per heavy atom. The molecule has 6 nitrogen and oxygen atoms in total. The number of carboxylic acid groups (broad SMARTS) is 1. The number of amides is 1. The molecule has 0 heterocycles. The Hall–Kier alpha value is -2.08. The van der Waals surface area contributed by atoms with Crippen LogP contribution < -0.4 is 11.1 Å². The highest BCUT2D eigenvalue weighted by molar-refractivity contribution is 5.96. The molecule has 5 N–H and O–H groups in total. The van der Waals surface area contributed by atoms with Crippen LogP contribution in [0.1, 0.15) is 37.6 Å². The van der Waals surface area contributed by atoms with Crippen molar-refractivity contribution in [2.75, 3.05) is 11.9 Å². The van der Waals surface area contributed by atoms with Crippen LogP contribution in [0.25, 0.3) is 0 Å². The molecule has 0 aliphatic rings. The van der Waals surface area contributed by atoms with Crippen LogP contribution in [-0.4, -0.2) is 28.6 Å². The maximum atomic E-state index is 12.2. The van der Waals surface area contributed by atoms with Gasteiger partial charge in [-0.15, -0.1) is 0 Å². The molecule has 1 atom stereocenters. The summed E-state index contributed by atoms with van der Waals surface area (Å²) < 4.78 is 0. The summed E-state index contributed by atoms with van der Waals surface area (Å²) in [7, 11) is 0. The number of rotatable bonds is 5. The van der Waals surface area contributed by atoms with Crippen LogP contribution in [0.5, 0.6) is 5.75 Å². The summed E-state index contributed by atoms with van der Waals surface area (Å²) in [5.41, 5.74) is 5.67. The molecule has 1 rings (SSSR count). The number of carboxylic acids is 1. The third-order valence-electron chi connectivity index (χ3n) is 3.01. The van der Waals surface area contributed by atoms with E-state index in [0.29, 0.717) is 12.1 Å². The van der Waals surface area contributed by atoms with E-state index in [4.69, 9.17) is 10.8 Å². The molecule has 0 aliphatic carbocycles. The molecule has 0 saturated heterocycles. The maximum Gasteiger partial charge on any atom is 0.339 e. The Bertz CT molecular complexity index is 535. The van der Waals surface area contributed by atoms with Crippen molar-refractivity contribution in [2.24, 2.45) is 17.1 Å². The number of carbonyl (C=O) groups is 2. The van der Waals surface area contributed by atoms with Gasteiger partial charge in [0, 0.05) is 12.2 Å². The molecule has 0 spiro atoms. The van der Waals surface area contributed by atoms with E-state index < -0.39 is 5.97 Å². The highest BCUT2D eigenvalue weighted by atomic mass is 16.4. The van der Waals surface area contributed by atoms with Gasteiger partial charge in [0.15, 0.2) is 0 Å². The summed E-state index contributed by atoms with van der Waals surface area (Å²) in [6.07, 6.45) is 0.624. The molecule has 6 heteroatoms. The molecular formula is C15H22N2O4. The van der Waals surface area contributed by atoms with Crippen molar-refractivity contribution in [2.45, 2.75) is 27.2 Å². The van der Waals surface area contributed by atoms with Crippen LogP contribution in [0.2, 0.25) is 0 Å². The van der Waals surface area contributed by atoms with Crippen LogP contribution in [0.4, 0.5) is 5.69 Å². The van der Waals surface area contributed by atoms with Crippen molar-refractivity contribution in [3.63, 3.8) is 0 Å². The third-order valence-corrected chi connectivity index (χ3v) is 3.01. The minimum Gasteiger partial charge on any atom is -0.507 e. The largest absolute Gasteiger partial charge is 0.507 e. The Kier molecular flexibility index (Phi) is 5.32. The van der Waals surface area contributed by atoms with E-state index >= 15 is 0 Å². The Balaban J connectivity index is 2.87. The number of anilines is 1. The lowest BCUT2D eigenvalue weighted by atomic mass is 9.84. The second kappa shape index (κ2) is 6.58. The van der Waals surface area contributed by atoms with Crippen LogP contribution >= 0.6 is 0 Å². The van der Waals surface area contributed by atoms with Gasteiger partial charge in [0.2, 0.25) is 5.91 Å². The molecule has 1 aromatic rings. The first kappa shape index (κ1) is 17.0. The fourth-order valence-corrected chi connectivity index (χ4v) is 2.05. The Morgan fingerprint density at radius 2 is 1.95 bits per heavy atom. The smallest absolute Gasteiger partial charge is 0.339 e. The lowest BCUT2D eigenvalue weighted by Gasteiger charge is -2.24. The molecule has 116 valence electrons. The zero-order chi connectivity index (χ0) is 16.2. The van der Waals surface area contributed by atoms with E-state index in [2.05, 4.69) is 5.32 Å². The van der Waals surface area contributed by atoms with Gasteiger partial charge in [-0.3, -0.25) is 4.79 Å². The number of nitrogens with one attached hydrogen (secondary N) is 1. The monoisotopic (exact) mass is 294 g/mol. The third kappa shape index (κ3) is 5.07.